The number of carbonyl (C=O) groups is 2. The van der Waals surface area contributed by atoms with Crippen molar-refractivity contribution in [3.8, 4) is 11.5 Å². The highest BCUT2D eigenvalue weighted by Gasteiger charge is 2.73. The summed E-state index contributed by atoms with van der Waals surface area (Å²) in [5.41, 5.74) is -0.396. The summed E-state index contributed by atoms with van der Waals surface area (Å²) in [6.07, 6.45) is 5.38. The Balaban J connectivity index is 1.54. The van der Waals surface area contributed by atoms with Crippen molar-refractivity contribution in [1.29, 1.82) is 0 Å². The number of hydrogen-bond acceptors (Lipinski definition) is 4. The van der Waals surface area contributed by atoms with Gasteiger partial charge in [-0.3, -0.25) is 9.59 Å². The largest absolute Gasteiger partial charge is 0.497 e. The van der Waals surface area contributed by atoms with Gasteiger partial charge in [-0.25, -0.2) is 0 Å². The van der Waals surface area contributed by atoms with E-state index in [2.05, 4.69) is 5.32 Å². The van der Waals surface area contributed by atoms with Gasteiger partial charge in [0.2, 0.25) is 11.8 Å². The van der Waals surface area contributed by atoms with Gasteiger partial charge < -0.3 is 19.7 Å². The van der Waals surface area contributed by atoms with Crippen LogP contribution in [0.4, 0.5) is 5.69 Å². The molecule has 3 aliphatic rings. The lowest BCUT2D eigenvalue weighted by molar-refractivity contribution is -0.143. The van der Waals surface area contributed by atoms with E-state index in [0.29, 0.717) is 17.2 Å². The minimum atomic E-state index is -0.544. The van der Waals surface area contributed by atoms with Gasteiger partial charge in [0, 0.05) is 19.2 Å². The zero-order chi connectivity index (χ0) is 18.4. The molecular formula is C20H26N2O4. The van der Waals surface area contributed by atoms with E-state index in [1.165, 1.54) is 0 Å². The molecule has 0 radical (unpaired) electrons. The first-order valence-electron chi connectivity index (χ1n) is 9.39. The lowest BCUT2D eigenvalue weighted by atomic mass is 9.83. The first kappa shape index (κ1) is 17.2. The number of anilines is 1. The number of amides is 2. The molecule has 0 spiro atoms. The molecule has 0 atom stereocenters. The standard InChI is InChI=1S/C20H26N2O4/c1-25-14-5-6-15(16(13-14)26-2)21-17(23)19(7-8-19)20(9-10-20)18(24)22-11-3-4-12-22/h5-6,13H,3-4,7-12H2,1-2H3,(H,21,23). The number of methoxy groups -OCH3 is 2. The van der Waals surface area contributed by atoms with Crippen LogP contribution in [0.1, 0.15) is 38.5 Å². The number of likely N-dealkylation sites (tertiary alicyclic amines) is 1. The quantitative estimate of drug-likeness (QED) is 0.849. The van der Waals surface area contributed by atoms with E-state index in [4.69, 9.17) is 9.47 Å². The molecule has 26 heavy (non-hydrogen) atoms. The number of hydrogen-bond donors (Lipinski definition) is 1. The highest BCUT2D eigenvalue weighted by Crippen LogP contribution is 2.71. The third-order valence-electron chi connectivity index (χ3n) is 6.31. The highest BCUT2D eigenvalue weighted by atomic mass is 16.5. The molecule has 1 saturated heterocycles. The van der Waals surface area contributed by atoms with Crippen molar-refractivity contribution in [1.82, 2.24) is 4.90 Å². The van der Waals surface area contributed by atoms with Crippen molar-refractivity contribution in [2.45, 2.75) is 38.5 Å². The van der Waals surface area contributed by atoms with Gasteiger partial charge in [0.25, 0.3) is 0 Å². The molecule has 2 saturated carbocycles. The zero-order valence-electron chi connectivity index (χ0n) is 15.5. The van der Waals surface area contributed by atoms with Gasteiger partial charge >= 0.3 is 0 Å². The Morgan fingerprint density at radius 1 is 1.00 bits per heavy atom. The van der Waals surface area contributed by atoms with E-state index in [9.17, 15) is 9.59 Å². The Bertz CT molecular complexity index is 731. The summed E-state index contributed by atoms with van der Waals surface area (Å²) >= 11 is 0. The molecular weight excluding hydrogens is 332 g/mol. The average Bonchev–Trinajstić information content (AvgIpc) is 3.57. The van der Waals surface area contributed by atoms with Crippen LogP contribution in [0.2, 0.25) is 0 Å². The van der Waals surface area contributed by atoms with Gasteiger partial charge in [-0.15, -0.1) is 0 Å². The summed E-state index contributed by atoms with van der Waals surface area (Å²) in [5.74, 6) is 1.38. The summed E-state index contributed by atoms with van der Waals surface area (Å²) in [4.78, 5) is 28.2. The predicted octanol–water partition coefficient (Wildman–Crippen LogP) is 2.83. The second-order valence-electron chi connectivity index (χ2n) is 7.68. The highest BCUT2D eigenvalue weighted by molar-refractivity contribution is 6.04. The number of nitrogens with zero attached hydrogens (tertiary/aromatic N) is 1. The van der Waals surface area contributed by atoms with Crippen LogP contribution in [-0.4, -0.2) is 44.0 Å². The Morgan fingerprint density at radius 2 is 1.65 bits per heavy atom. The minimum absolute atomic E-state index is 0.0500. The van der Waals surface area contributed by atoms with Crippen LogP contribution in [0.3, 0.4) is 0 Å². The van der Waals surface area contributed by atoms with Gasteiger partial charge in [-0.05, 0) is 50.7 Å². The second kappa shape index (κ2) is 6.18. The Labute approximate surface area is 153 Å². The average molecular weight is 358 g/mol. The number of benzene rings is 1. The fraction of sp³-hybridized carbons (Fsp3) is 0.600. The molecule has 4 rings (SSSR count). The van der Waals surface area contributed by atoms with Crippen LogP contribution in [0.5, 0.6) is 11.5 Å². The predicted molar refractivity (Wildman–Crippen MR) is 97.3 cm³/mol. The SMILES string of the molecule is COc1ccc(NC(=O)C2(C3(C(=O)N4CCCC4)CC3)CC2)c(OC)c1. The molecule has 1 heterocycles. The monoisotopic (exact) mass is 358 g/mol. The summed E-state index contributed by atoms with van der Waals surface area (Å²) in [5, 5.41) is 3.02. The fourth-order valence-electron chi connectivity index (χ4n) is 4.44. The molecule has 2 aliphatic carbocycles. The molecule has 1 aromatic carbocycles. The molecule has 6 heteroatoms. The zero-order valence-corrected chi connectivity index (χ0v) is 15.5. The van der Waals surface area contributed by atoms with Gasteiger partial charge in [-0.1, -0.05) is 0 Å². The topological polar surface area (TPSA) is 67.9 Å². The molecule has 0 bridgehead atoms. The summed E-state index contributed by atoms with van der Waals surface area (Å²) in [6.45, 7) is 1.68. The minimum Gasteiger partial charge on any atom is -0.497 e. The molecule has 6 nitrogen and oxygen atoms in total. The molecule has 0 aromatic heterocycles. The number of nitrogens with one attached hydrogen (secondary N) is 1. The third kappa shape index (κ3) is 2.54. The Morgan fingerprint density at radius 3 is 2.19 bits per heavy atom. The molecule has 1 aromatic rings. The normalized spacial score (nSPS) is 21.8. The Kier molecular flexibility index (Phi) is 4.09. The maximum atomic E-state index is 13.2. The molecule has 0 unspecified atom stereocenters. The van der Waals surface area contributed by atoms with Crippen LogP contribution in [-0.2, 0) is 9.59 Å². The first-order valence-corrected chi connectivity index (χ1v) is 9.39. The van der Waals surface area contributed by atoms with Crippen LogP contribution in [0.15, 0.2) is 18.2 Å². The molecule has 1 N–H and O–H groups in total. The third-order valence-corrected chi connectivity index (χ3v) is 6.31. The van der Waals surface area contributed by atoms with Gasteiger partial charge in [0.15, 0.2) is 0 Å². The second-order valence-corrected chi connectivity index (χ2v) is 7.68. The van der Waals surface area contributed by atoms with Crippen molar-refractivity contribution in [3.63, 3.8) is 0 Å². The van der Waals surface area contributed by atoms with E-state index >= 15 is 0 Å². The van der Waals surface area contributed by atoms with E-state index in [1.807, 2.05) is 4.90 Å². The van der Waals surface area contributed by atoms with Crippen molar-refractivity contribution in [2.24, 2.45) is 10.8 Å². The van der Waals surface area contributed by atoms with Crippen molar-refractivity contribution in [3.05, 3.63) is 18.2 Å². The van der Waals surface area contributed by atoms with Crippen molar-refractivity contribution in [2.75, 3.05) is 32.6 Å². The first-order chi connectivity index (χ1) is 12.6. The summed E-state index contributed by atoms with van der Waals surface area (Å²) in [6, 6.07) is 5.32. The van der Waals surface area contributed by atoms with Crippen molar-refractivity contribution < 1.29 is 19.1 Å². The molecule has 140 valence electrons. The molecule has 3 fully saturated rings. The fourth-order valence-corrected chi connectivity index (χ4v) is 4.44. The van der Waals surface area contributed by atoms with Crippen LogP contribution < -0.4 is 14.8 Å². The van der Waals surface area contributed by atoms with Gasteiger partial charge in [-0.2, -0.15) is 0 Å². The smallest absolute Gasteiger partial charge is 0.231 e. The lowest BCUT2D eigenvalue weighted by Gasteiger charge is -2.29. The van der Waals surface area contributed by atoms with Crippen LogP contribution >= 0.6 is 0 Å². The molecule has 2 amide bonds. The number of ether oxygens (including phenoxy) is 2. The molecule has 1 aliphatic heterocycles. The number of rotatable bonds is 6. The van der Waals surface area contributed by atoms with Crippen molar-refractivity contribution >= 4 is 17.5 Å². The van der Waals surface area contributed by atoms with E-state index in [-0.39, 0.29) is 11.8 Å². The summed E-state index contributed by atoms with van der Waals surface area (Å²) < 4.78 is 10.6. The van der Waals surface area contributed by atoms with Gasteiger partial charge in [0.05, 0.1) is 30.7 Å². The van der Waals surface area contributed by atoms with E-state index in [1.54, 1.807) is 32.4 Å². The van der Waals surface area contributed by atoms with Gasteiger partial charge in [0.1, 0.15) is 11.5 Å². The number of carbonyl (C=O) groups excluding carboxylic acids is 2. The van der Waals surface area contributed by atoms with Crippen LogP contribution in [0.25, 0.3) is 0 Å². The summed E-state index contributed by atoms with van der Waals surface area (Å²) in [7, 11) is 3.16. The maximum absolute atomic E-state index is 13.2. The van der Waals surface area contributed by atoms with Crippen LogP contribution in [0, 0.1) is 10.8 Å². The maximum Gasteiger partial charge on any atom is 0.231 e. The lowest BCUT2D eigenvalue weighted by Crippen LogP contribution is -2.44. The van der Waals surface area contributed by atoms with E-state index < -0.39 is 10.8 Å². The Hall–Kier alpha value is -2.24. The van der Waals surface area contributed by atoms with E-state index in [0.717, 1.165) is 51.6 Å².